The lowest BCUT2D eigenvalue weighted by Crippen LogP contribution is -2.32. The number of aryl methyl sites for hydroxylation is 1. The third-order valence-electron chi connectivity index (χ3n) is 3.55. The number of carbonyl (C=O) groups is 1. The van der Waals surface area contributed by atoms with Crippen LogP contribution in [0.5, 0.6) is 0 Å². The quantitative estimate of drug-likeness (QED) is 0.742. The summed E-state index contributed by atoms with van der Waals surface area (Å²) in [5, 5.41) is 6.72. The van der Waals surface area contributed by atoms with Crippen LogP contribution in [0, 0.1) is 6.92 Å². The van der Waals surface area contributed by atoms with Gasteiger partial charge in [0.1, 0.15) is 11.4 Å². The van der Waals surface area contributed by atoms with Gasteiger partial charge in [0, 0.05) is 30.7 Å². The Hall–Kier alpha value is -3.22. The van der Waals surface area contributed by atoms with E-state index in [1.54, 1.807) is 23.1 Å². The van der Waals surface area contributed by atoms with Crippen molar-refractivity contribution in [1.82, 2.24) is 25.1 Å². The molecule has 0 spiro atoms. The van der Waals surface area contributed by atoms with Crippen LogP contribution in [0.4, 0.5) is 0 Å². The standard InChI is InChI=1S/C17H17N5O2/c1-12-3-5-13(6-4-12)15-19-11-14(17(24)21-15)16(23)18-8-10-22-9-2-7-20-22/h2-7,9,11H,8,10H2,1H3,(H,18,23)(H,19,21,24). The van der Waals surface area contributed by atoms with Crippen LogP contribution >= 0.6 is 0 Å². The predicted octanol–water partition coefficient (Wildman–Crippen LogP) is 1.37. The SMILES string of the molecule is Cc1ccc(-c2ncc(C(=O)NCCn3cccn3)c(=O)[nH]2)cc1. The highest BCUT2D eigenvalue weighted by Gasteiger charge is 2.12. The lowest BCUT2D eigenvalue weighted by Gasteiger charge is -2.06. The molecule has 1 aromatic carbocycles. The highest BCUT2D eigenvalue weighted by Crippen LogP contribution is 2.13. The molecule has 0 aliphatic carbocycles. The van der Waals surface area contributed by atoms with E-state index in [2.05, 4.69) is 20.4 Å². The van der Waals surface area contributed by atoms with Gasteiger partial charge in [-0.15, -0.1) is 0 Å². The molecule has 0 saturated heterocycles. The van der Waals surface area contributed by atoms with E-state index in [0.29, 0.717) is 18.9 Å². The molecular formula is C17H17N5O2. The van der Waals surface area contributed by atoms with Gasteiger partial charge in [0.05, 0.1) is 6.54 Å². The fourth-order valence-electron chi connectivity index (χ4n) is 2.23. The van der Waals surface area contributed by atoms with E-state index in [0.717, 1.165) is 11.1 Å². The monoisotopic (exact) mass is 323 g/mol. The van der Waals surface area contributed by atoms with Gasteiger partial charge >= 0.3 is 0 Å². The first kappa shape index (κ1) is 15.7. The Kier molecular flexibility index (Phi) is 4.51. The molecule has 0 fully saturated rings. The van der Waals surface area contributed by atoms with Gasteiger partial charge in [-0.1, -0.05) is 29.8 Å². The first-order chi connectivity index (χ1) is 11.6. The lowest BCUT2D eigenvalue weighted by molar-refractivity contribution is 0.0950. The molecule has 0 atom stereocenters. The maximum Gasteiger partial charge on any atom is 0.264 e. The number of nitrogens with one attached hydrogen (secondary N) is 2. The Morgan fingerprint density at radius 2 is 2.08 bits per heavy atom. The molecule has 122 valence electrons. The Bertz CT molecular complexity index is 882. The average Bonchev–Trinajstić information content (AvgIpc) is 3.08. The van der Waals surface area contributed by atoms with Crippen molar-refractivity contribution in [1.29, 1.82) is 0 Å². The van der Waals surface area contributed by atoms with Crippen LogP contribution in [-0.2, 0) is 6.54 Å². The molecule has 0 aliphatic rings. The number of aromatic amines is 1. The number of H-pyrrole nitrogens is 1. The summed E-state index contributed by atoms with van der Waals surface area (Å²) in [6.45, 7) is 2.89. The lowest BCUT2D eigenvalue weighted by atomic mass is 10.1. The molecule has 2 aromatic heterocycles. The summed E-state index contributed by atoms with van der Waals surface area (Å²) in [7, 11) is 0. The van der Waals surface area contributed by atoms with Crippen LogP contribution in [0.1, 0.15) is 15.9 Å². The van der Waals surface area contributed by atoms with Crippen molar-refractivity contribution in [3.05, 3.63) is 70.4 Å². The minimum atomic E-state index is -0.461. The van der Waals surface area contributed by atoms with E-state index in [1.807, 2.05) is 31.2 Å². The largest absolute Gasteiger partial charge is 0.350 e. The maximum absolute atomic E-state index is 12.1. The van der Waals surface area contributed by atoms with Gasteiger partial charge < -0.3 is 10.3 Å². The Labute approximate surface area is 138 Å². The maximum atomic E-state index is 12.1. The Morgan fingerprint density at radius 1 is 1.29 bits per heavy atom. The number of hydrogen-bond donors (Lipinski definition) is 2. The number of amides is 1. The van der Waals surface area contributed by atoms with Crippen LogP contribution in [0.3, 0.4) is 0 Å². The molecule has 3 rings (SSSR count). The second-order valence-corrected chi connectivity index (χ2v) is 5.37. The van der Waals surface area contributed by atoms with Crippen LogP contribution in [0.25, 0.3) is 11.4 Å². The number of rotatable bonds is 5. The van der Waals surface area contributed by atoms with Crippen molar-refractivity contribution in [2.75, 3.05) is 6.54 Å². The molecule has 2 heterocycles. The summed E-state index contributed by atoms with van der Waals surface area (Å²) >= 11 is 0. The molecule has 1 amide bonds. The minimum absolute atomic E-state index is 0.00803. The molecule has 7 heteroatoms. The first-order valence-corrected chi connectivity index (χ1v) is 7.55. The number of aromatic nitrogens is 4. The summed E-state index contributed by atoms with van der Waals surface area (Å²) in [6.07, 6.45) is 4.77. The van der Waals surface area contributed by atoms with Crippen LogP contribution in [-0.4, -0.2) is 32.2 Å². The summed E-state index contributed by atoms with van der Waals surface area (Å²) in [5.74, 6) is -0.0144. The summed E-state index contributed by atoms with van der Waals surface area (Å²) in [4.78, 5) is 31.1. The topological polar surface area (TPSA) is 92.7 Å². The fraction of sp³-hybridized carbons (Fsp3) is 0.176. The van der Waals surface area contributed by atoms with Crippen molar-refractivity contribution < 1.29 is 4.79 Å². The van der Waals surface area contributed by atoms with E-state index in [4.69, 9.17) is 0 Å². The number of nitrogens with zero attached hydrogens (tertiary/aromatic N) is 3. The molecule has 0 bridgehead atoms. The Balaban J connectivity index is 1.68. The predicted molar refractivity (Wildman–Crippen MR) is 89.6 cm³/mol. The van der Waals surface area contributed by atoms with Gasteiger partial charge in [0.25, 0.3) is 11.5 Å². The van der Waals surface area contributed by atoms with Gasteiger partial charge in [-0.25, -0.2) is 4.98 Å². The van der Waals surface area contributed by atoms with Gasteiger partial charge in [-0.2, -0.15) is 5.10 Å². The molecule has 2 N–H and O–H groups in total. The van der Waals surface area contributed by atoms with Crippen molar-refractivity contribution in [2.24, 2.45) is 0 Å². The summed E-state index contributed by atoms with van der Waals surface area (Å²) in [5.41, 5.74) is 1.45. The van der Waals surface area contributed by atoms with E-state index in [-0.39, 0.29) is 5.56 Å². The molecule has 0 aliphatic heterocycles. The van der Waals surface area contributed by atoms with Crippen LogP contribution in [0.15, 0.2) is 53.7 Å². The van der Waals surface area contributed by atoms with Gasteiger partial charge in [-0.3, -0.25) is 14.3 Å². The second kappa shape index (κ2) is 6.91. The van der Waals surface area contributed by atoms with Crippen LogP contribution in [0.2, 0.25) is 0 Å². The molecular weight excluding hydrogens is 306 g/mol. The number of hydrogen-bond acceptors (Lipinski definition) is 4. The van der Waals surface area contributed by atoms with Crippen molar-refractivity contribution in [2.45, 2.75) is 13.5 Å². The third kappa shape index (κ3) is 3.57. The van der Waals surface area contributed by atoms with Crippen molar-refractivity contribution >= 4 is 5.91 Å². The number of carbonyl (C=O) groups excluding carboxylic acids is 1. The zero-order chi connectivity index (χ0) is 16.9. The number of benzene rings is 1. The van der Waals surface area contributed by atoms with E-state index in [9.17, 15) is 9.59 Å². The second-order valence-electron chi connectivity index (χ2n) is 5.37. The third-order valence-corrected chi connectivity index (χ3v) is 3.55. The smallest absolute Gasteiger partial charge is 0.264 e. The highest BCUT2D eigenvalue weighted by molar-refractivity contribution is 5.93. The first-order valence-electron chi connectivity index (χ1n) is 7.55. The summed E-state index contributed by atoms with van der Waals surface area (Å²) in [6, 6.07) is 9.42. The van der Waals surface area contributed by atoms with Crippen molar-refractivity contribution in [3.8, 4) is 11.4 Å². The van der Waals surface area contributed by atoms with Gasteiger partial charge in [0.15, 0.2) is 0 Å². The summed E-state index contributed by atoms with van der Waals surface area (Å²) < 4.78 is 1.70. The van der Waals surface area contributed by atoms with Gasteiger partial charge in [-0.05, 0) is 13.0 Å². The minimum Gasteiger partial charge on any atom is -0.350 e. The highest BCUT2D eigenvalue weighted by atomic mass is 16.2. The molecule has 0 radical (unpaired) electrons. The van der Waals surface area contributed by atoms with E-state index >= 15 is 0 Å². The normalized spacial score (nSPS) is 10.5. The van der Waals surface area contributed by atoms with Crippen molar-refractivity contribution in [3.63, 3.8) is 0 Å². The zero-order valence-electron chi connectivity index (χ0n) is 13.2. The zero-order valence-corrected chi connectivity index (χ0v) is 13.2. The van der Waals surface area contributed by atoms with E-state index in [1.165, 1.54) is 6.20 Å². The average molecular weight is 323 g/mol. The molecule has 0 unspecified atom stereocenters. The fourth-order valence-corrected chi connectivity index (χ4v) is 2.23. The molecule has 3 aromatic rings. The molecule has 7 nitrogen and oxygen atoms in total. The van der Waals surface area contributed by atoms with Gasteiger partial charge in [0.2, 0.25) is 0 Å². The van der Waals surface area contributed by atoms with E-state index < -0.39 is 11.5 Å². The molecule has 24 heavy (non-hydrogen) atoms. The molecule has 0 saturated carbocycles. The van der Waals surface area contributed by atoms with Crippen LogP contribution < -0.4 is 10.9 Å². The Morgan fingerprint density at radius 3 is 2.75 bits per heavy atom.